The van der Waals surface area contributed by atoms with Crippen molar-refractivity contribution >= 4 is 31.8 Å². The monoisotopic (exact) mass is 565 g/mol. The molecule has 1 atom stereocenters. The minimum Gasteiger partial charge on any atom is -0.283 e. The summed E-state index contributed by atoms with van der Waals surface area (Å²) in [6, 6.07) is 17.4. The molecule has 0 aromatic heterocycles. The number of benzene rings is 3. The summed E-state index contributed by atoms with van der Waals surface area (Å²) in [6.07, 6.45) is 2.24. The molecule has 8 nitrogen and oxygen atoms in total. The SMILES string of the molecule is Cc1ccc(S(=O)(=O)N2CCC=C2C2CN(S(=O)(=O)c3c(C)cc(C)cc3C)C(=O)N2c2ccccc2)cc1. The second-order valence-electron chi connectivity index (χ2n) is 10.1. The van der Waals surface area contributed by atoms with Crippen LogP contribution < -0.4 is 4.90 Å². The van der Waals surface area contributed by atoms with Crippen LogP contribution in [0.3, 0.4) is 0 Å². The van der Waals surface area contributed by atoms with E-state index >= 15 is 0 Å². The number of aryl methyl sites for hydroxylation is 4. The lowest BCUT2D eigenvalue weighted by Gasteiger charge is -2.30. The standard InChI is InChI=1S/C29H31N3O5S2/c1-20-12-14-25(15-13-20)38(34,35)30-16-8-11-26(30)27-19-31(29(33)32(27)24-9-6-5-7-10-24)39(36,37)28-22(3)17-21(2)18-23(28)4/h5-7,9-15,17-18,27H,8,16,19H2,1-4H3. The second-order valence-corrected chi connectivity index (χ2v) is 13.7. The predicted octanol–water partition coefficient (Wildman–Crippen LogP) is 4.90. The van der Waals surface area contributed by atoms with Gasteiger partial charge in [0.1, 0.15) is 0 Å². The lowest BCUT2D eigenvalue weighted by Crippen LogP contribution is -2.42. The van der Waals surface area contributed by atoms with Crippen LogP contribution in [0.25, 0.3) is 0 Å². The molecular weight excluding hydrogens is 534 g/mol. The van der Waals surface area contributed by atoms with Crippen molar-refractivity contribution in [2.24, 2.45) is 0 Å². The number of nitrogens with zero attached hydrogens (tertiary/aromatic N) is 3. The van der Waals surface area contributed by atoms with Crippen LogP contribution >= 0.6 is 0 Å². The summed E-state index contributed by atoms with van der Waals surface area (Å²) in [7, 11) is -8.16. The zero-order chi connectivity index (χ0) is 28.1. The molecule has 0 saturated carbocycles. The number of hydrogen-bond acceptors (Lipinski definition) is 5. The van der Waals surface area contributed by atoms with E-state index < -0.39 is 32.1 Å². The normalized spacial score (nSPS) is 18.2. The van der Waals surface area contributed by atoms with E-state index in [1.807, 2.05) is 13.8 Å². The van der Waals surface area contributed by atoms with Gasteiger partial charge in [0, 0.05) is 12.2 Å². The van der Waals surface area contributed by atoms with Crippen LogP contribution in [0.2, 0.25) is 0 Å². The van der Waals surface area contributed by atoms with Crippen molar-refractivity contribution in [3.63, 3.8) is 0 Å². The number of sulfonamides is 2. The molecule has 1 saturated heterocycles. The number of anilines is 1. The van der Waals surface area contributed by atoms with E-state index in [0.29, 0.717) is 28.9 Å². The summed E-state index contributed by atoms with van der Waals surface area (Å²) in [5.41, 5.74) is 3.85. The smallest absolute Gasteiger partial charge is 0.283 e. The van der Waals surface area contributed by atoms with E-state index in [1.54, 1.807) is 86.7 Å². The molecule has 2 aliphatic heterocycles. The topological polar surface area (TPSA) is 95.1 Å². The first kappa shape index (κ1) is 27.0. The second kappa shape index (κ2) is 9.84. The molecule has 0 spiro atoms. The maximum atomic E-state index is 14.0. The fourth-order valence-corrected chi connectivity index (χ4v) is 8.86. The lowest BCUT2D eigenvalue weighted by atomic mass is 10.1. The zero-order valence-corrected chi connectivity index (χ0v) is 24.0. The van der Waals surface area contributed by atoms with Gasteiger partial charge in [-0.1, -0.05) is 59.7 Å². The quantitative estimate of drug-likeness (QED) is 0.424. The summed E-state index contributed by atoms with van der Waals surface area (Å²) in [6.45, 7) is 7.20. The number of carbonyl (C=O) groups excluding carboxylic acids is 1. The van der Waals surface area contributed by atoms with Crippen molar-refractivity contribution in [2.45, 2.75) is 49.9 Å². The molecule has 39 heavy (non-hydrogen) atoms. The molecular formula is C29H31N3O5S2. The molecule has 0 N–H and O–H groups in total. The van der Waals surface area contributed by atoms with E-state index in [1.165, 1.54) is 9.21 Å². The molecule has 3 aromatic rings. The van der Waals surface area contributed by atoms with Crippen molar-refractivity contribution in [2.75, 3.05) is 18.0 Å². The minimum absolute atomic E-state index is 0.0969. The van der Waals surface area contributed by atoms with Gasteiger partial charge < -0.3 is 0 Å². The average Bonchev–Trinajstić information content (AvgIpc) is 3.49. The van der Waals surface area contributed by atoms with Crippen molar-refractivity contribution in [3.05, 3.63) is 101 Å². The third-order valence-electron chi connectivity index (χ3n) is 7.18. The molecule has 1 fully saturated rings. The van der Waals surface area contributed by atoms with Gasteiger partial charge in [-0.3, -0.25) is 9.21 Å². The Balaban J connectivity index is 1.60. The van der Waals surface area contributed by atoms with Crippen LogP contribution in [0.15, 0.2) is 88.3 Å². The van der Waals surface area contributed by atoms with Crippen LogP contribution in [0.4, 0.5) is 10.5 Å². The predicted molar refractivity (Wildman–Crippen MR) is 150 cm³/mol. The molecule has 2 aliphatic rings. The largest absolute Gasteiger partial charge is 0.339 e. The first-order chi connectivity index (χ1) is 18.4. The summed E-state index contributed by atoms with van der Waals surface area (Å²) in [4.78, 5) is 15.6. The first-order valence-corrected chi connectivity index (χ1v) is 15.6. The van der Waals surface area contributed by atoms with Crippen molar-refractivity contribution < 1.29 is 21.6 Å². The van der Waals surface area contributed by atoms with E-state index in [2.05, 4.69) is 0 Å². The van der Waals surface area contributed by atoms with Gasteiger partial charge in [0.25, 0.3) is 20.0 Å². The molecule has 5 rings (SSSR count). The maximum absolute atomic E-state index is 14.0. The van der Waals surface area contributed by atoms with Crippen LogP contribution in [-0.4, -0.2) is 50.6 Å². The maximum Gasteiger partial charge on any atom is 0.339 e. The van der Waals surface area contributed by atoms with Gasteiger partial charge in [-0.05, 0) is 69.5 Å². The fourth-order valence-electron chi connectivity index (χ4n) is 5.52. The van der Waals surface area contributed by atoms with Crippen molar-refractivity contribution in [1.29, 1.82) is 0 Å². The fraction of sp³-hybridized carbons (Fsp3) is 0.276. The molecule has 0 aliphatic carbocycles. The van der Waals surface area contributed by atoms with Gasteiger partial charge in [0.2, 0.25) is 0 Å². The van der Waals surface area contributed by atoms with Crippen LogP contribution in [-0.2, 0) is 20.0 Å². The van der Waals surface area contributed by atoms with E-state index in [-0.39, 0.29) is 22.9 Å². The molecule has 2 heterocycles. The highest BCUT2D eigenvalue weighted by Gasteiger charge is 2.49. The van der Waals surface area contributed by atoms with Crippen LogP contribution in [0, 0.1) is 27.7 Å². The summed E-state index contributed by atoms with van der Waals surface area (Å²) < 4.78 is 57.6. The molecule has 0 bridgehead atoms. The zero-order valence-electron chi connectivity index (χ0n) is 22.3. The number of urea groups is 1. The summed E-state index contributed by atoms with van der Waals surface area (Å²) >= 11 is 0. The third kappa shape index (κ3) is 4.61. The Morgan fingerprint density at radius 1 is 0.744 bits per heavy atom. The molecule has 3 aromatic carbocycles. The molecule has 204 valence electrons. The van der Waals surface area contributed by atoms with Gasteiger partial charge in [0.15, 0.2) is 0 Å². The molecule has 1 unspecified atom stereocenters. The first-order valence-electron chi connectivity index (χ1n) is 12.7. The number of para-hydroxylation sites is 1. The Morgan fingerprint density at radius 2 is 1.36 bits per heavy atom. The molecule has 0 radical (unpaired) electrons. The third-order valence-corrected chi connectivity index (χ3v) is 11.1. The Hall–Kier alpha value is -3.63. The van der Waals surface area contributed by atoms with Crippen molar-refractivity contribution in [3.8, 4) is 0 Å². The highest BCUT2D eigenvalue weighted by atomic mass is 32.2. The van der Waals surface area contributed by atoms with Crippen molar-refractivity contribution in [1.82, 2.24) is 8.61 Å². The summed E-state index contributed by atoms with van der Waals surface area (Å²) in [5.74, 6) is 0. The molecule has 2 amide bonds. The van der Waals surface area contributed by atoms with E-state index in [9.17, 15) is 21.6 Å². The van der Waals surface area contributed by atoms with Gasteiger partial charge in [-0.15, -0.1) is 0 Å². The number of carbonyl (C=O) groups is 1. The van der Waals surface area contributed by atoms with Gasteiger partial charge in [-0.25, -0.2) is 25.9 Å². The Morgan fingerprint density at radius 3 is 1.97 bits per heavy atom. The highest BCUT2D eigenvalue weighted by Crippen LogP contribution is 2.38. The Bertz CT molecular complexity index is 1660. The van der Waals surface area contributed by atoms with E-state index in [4.69, 9.17) is 0 Å². The van der Waals surface area contributed by atoms with Gasteiger partial charge in [0.05, 0.1) is 28.1 Å². The lowest BCUT2D eigenvalue weighted by molar-refractivity contribution is 0.239. The molecule has 10 heteroatoms. The Kier molecular flexibility index (Phi) is 6.80. The van der Waals surface area contributed by atoms with Gasteiger partial charge >= 0.3 is 6.03 Å². The Labute approximate surface area is 230 Å². The number of hydrogen-bond donors (Lipinski definition) is 0. The van der Waals surface area contributed by atoms with Gasteiger partial charge in [-0.2, -0.15) is 0 Å². The summed E-state index contributed by atoms with van der Waals surface area (Å²) in [5, 5.41) is 0. The highest BCUT2D eigenvalue weighted by molar-refractivity contribution is 7.90. The number of amides is 2. The van der Waals surface area contributed by atoms with Crippen LogP contribution in [0.5, 0.6) is 0 Å². The average molecular weight is 566 g/mol. The minimum atomic E-state index is -4.23. The number of rotatable bonds is 6. The van der Waals surface area contributed by atoms with Crippen LogP contribution in [0.1, 0.15) is 28.7 Å². The van der Waals surface area contributed by atoms with E-state index in [0.717, 1.165) is 15.4 Å².